The second-order valence-corrected chi connectivity index (χ2v) is 8.85. The summed E-state index contributed by atoms with van der Waals surface area (Å²) in [5.74, 6) is -3.21. The van der Waals surface area contributed by atoms with Crippen LogP contribution in [0.4, 0.5) is 22.0 Å². The Balaban J connectivity index is 1.57. The Morgan fingerprint density at radius 3 is 2.08 bits per heavy atom. The van der Waals surface area contributed by atoms with Gasteiger partial charge in [0.1, 0.15) is 28.2 Å². The zero-order valence-electron chi connectivity index (χ0n) is 18.3. The Hall–Kier alpha value is -3.71. The number of hydrogen-bond donors (Lipinski definition) is 2. The predicted molar refractivity (Wildman–Crippen MR) is 122 cm³/mol. The third-order valence-corrected chi connectivity index (χ3v) is 6.25. The molecule has 0 saturated heterocycles. The van der Waals surface area contributed by atoms with E-state index >= 15 is 0 Å². The fourth-order valence-corrected chi connectivity index (χ4v) is 4.41. The maximum absolute atomic E-state index is 13.5. The van der Waals surface area contributed by atoms with Crippen LogP contribution >= 0.6 is 11.3 Å². The highest BCUT2D eigenvalue weighted by Crippen LogP contribution is 2.34. The summed E-state index contributed by atoms with van der Waals surface area (Å²) in [6, 6.07) is 12.8. The van der Waals surface area contributed by atoms with Crippen LogP contribution in [0.1, 0.15) is 6.92 Å². The Morgan fingerprint density at radius 1 is 0.972 bits per heavy atom. The molecule has 0 bridgehead atoms. The lowest BCUT2D eigenvalue weighted by Crippen LogP contribution is -2.39. The predicted octanol–water partition coefficient (Wildman–Crippen LogP) is 5.13. The summed E-state index contributed by atoms with van der Waals surface area (Å²) in [4.78, 5) is 27.3. The molecule has 2 N–H and O–H groups in total. The van der Waals surface area contributed by atoms with Gasteiger partial charge in [-0.1, -0.05) is 0 Å². The number of nitrogens with one attached hydrogen (secondary N) is 1. The van der Waals surface area contributed by atoms with Crippen molar-refractivity contribution < 1.29 is 36.5 Å². The molecule has 4 aromatic rings. The van der Waals surface area contributed by atoms with Gasteiger partial charge >= 0.3 is 12.1 Å². The average Bonchev–Trinajstić information content (AvgIpc) is 3.23. The van der Waals surface area contributed by atoms with Crippen LogP contribution in [0.25, 0.3) is 20.7 Å². The minimum Gasteiger partial charge on any atom is -0.457 e. The van der Waals surface area contributed by atoms with Gasteiger partial charge in [-0.15, -0.1) is 24.5 Å². The van der Waals surface area contributed by atoms with Gasteiger partial charge in [0.25, 0.3) is 11.5 Å². The molecule has 0 spiro atoms. The van der Waals surface area contributed by atoms with E-state index in [9.17, 15) is 36.6 Å². The second kappa shape index (κ2) is 9.39. The average molecular weight is 528 g/mol. The van der Waals surface area contributed by atoms with E-state index in [1.54, 1.807) is 24.3 Å². The molecular weight excluding hydrogens is 511 g/mol. The number of aliphatic hydroxyl groups excluding tert-OH is 1. The summed E-state index contributed by atoms with van der Waals surface area (Å²) >= 11 is 1.01. The first-order valence-corrected chi connectivity index (χ1v) is 11.1. The number of halogens is 5. The van der Waals surface area contributed by atoms with Crippen molar-refractivity contribution >= 4 is 21.6 Å². The van der Waals surface area contributed by atoms with Crippen molar-refractivity contribution in [2.75, 3.05) is 0 Å². The highest BCUT2D eigenvalue weighted by atomic mass is 32.1. The first-order valence-electron chi connectivity index (χ1n) is 10.3. The van der Waals surface area contributed by atoms with Crippen LogP contribution in [-0.2, 0) is 6.54 Å². The topological polar surface area (TPSA) is 93.6 Å². The summed E-state index contributed by atoms with van der Waals surface area (Å²) in [7, 11) is 0. The number of hydrogen-bond acceptors (Lipinski definition) is 6. The highest BCUT2D eigenvalue weighted by molar-refractivity contribution is 7.21. The molecule has 1 unspecified atom stereocenters. The van der Waals surface area contributed by atoms with Crippen molar-refractivity contribution in [1.29, 1.82) is 0 Å². The molecule has 190 valence electrons. The first kappa shape index (κ1) is 25.4. The summed E-state index contributed by atoms with van der Waals surface area (Å²) < 4.78 is 74.1. The summed E-state index contributed by atoms with van der Waals surface area (Å²) in [5.41, 5.74) is -0.985. The number of nitrogens with zero attached hydrogens (tertiary/aromatic N) is 1. The largest absolute Gasteiger partial charge is 0.573 e. The molecule has 4 rings (SSSR count). The van der Waals surface area contributed by atoms with Gasteiger partial charge in [0.2, 0.25) is 0 Å². The maximum atomic E-state index is 13.5. The SMILES string of the molecule is CC(F)(F)C(O)Cn1c(=O)[nH]c(=O)c2cc(-c3ccc(Oc4ccc(OC(F)(F)F)cc4)cc3)sc21. The molecule has 7 nitrogen and oxygen atoms in total. The number of H-pyrrole nitrogens is 1. The van der Waals surface area contributed by atoms with Crippen LogP contribution in [0.15, 0.2) is 64.2 Å². The van der Waals surface area contributed by atoms with Crippen molar-refractivity contribution in [1.82, 2.24) is 9.55 Å². The minimum absolute atomic E-state index is 0.0997. The van der Waals surface area contributed by atoms with Crippen molar-refractivity contribution in [3.8, 4) is 27.7 Å². The minimum atomic E-state index is -4.80. The van der Waals surface area contributed by atoms with Crippen molar-refractivity contribution in [3.05, 3.63) is 75.4 Å². The van der Waals surface area contributed by atoms with Gasteiger partial charge in [0, 0.05) is 11.8 Å². The summed E-state index contributed by atoms with van der Waals surface area (Å²) in [5, 5.41) is 9.86. The molecule has 0 fully saturated rings. The molecule has 0 amide bonds. The van der Waals surface area contributed by atoms with Crippen LogP contribution in [0, 0.1) is 0 Å². The van der Waals surface area contributed by atoms with E-state index in [0.717, 1.165) is 28.0 Å². The third-order valence-electron chi connectivity index (χ3n) is 5.04. The van der Waals surface area contributed by atoms with Crippen LogP contribution < -0.4 is 20.7 Å². The zero-order chi connectivity index (χ0) is 26.3. The van der Waals surface area contributed by atoms with Gasteiger partial charge in [-0.25, -0.2) is 13.6 Å². The van der Waals surface area contributed by atoms with E-state index in [4.69, 9.17) is 4.74 Å². The molecule has 2 heterocycles. The molecule has 0 radical (unpaired) electrons. The zero-order valence-corrected chi connectivity index (χ0v) is 19.1. The fourth-order valence-electron chi connectivity index (χ4n) is 3.24. The molecule has 2 aromatic carbocycles. The van der Waals surface area contributed by atoms with E-state index in [0.29, 0.717) is 23.1 Å². The molecule has 0 aliphatic heterocycles. The quantitative estimate of drug-likeness (QED) is 0.325. The fraction of sp³-hybridized carbons (Fsp3) is 0.217. The number of benzene rings is 2. The number of alkyl halides is 5. The van der Waals surface area contributed by atoms with Crippen molar-refractivity contribution in [2.45, 2.75) is 31.9 Å². The van der Waals surface area contributed by atoms with Gasteiger partial charge < -0.3 is 14.6 Å². The van der Waals surface area contributed by atoms with Crippen molar-refractivity contribution in [3.63, 3.8) is 0 Å². The monoisotopic (exact) mass is 528 g/mol. The van der Waals surface area contributed by atoms with Gasteiger partial charge in [-0.3, -0.25) is 14.3 Å². The maximum Gasteiger partial charge on any atom is 0.573 e. The third kappa shape index (κ3) is 5.74. The van der Waals surface area contributed by atoms with Crippen molar-refractivity contribution in [2.24, 2.45) is 0 Å². The van der Waals surface area contributed by atoms with Gasteiger partial charge in [-0.05, 0) is 60.2 Å². The molecule has 36 heavy (non-hydrogen) atoms. The molecule has 2 aromatic heterocycles. The summed E-state index contributed by atoms with van der Waals surface area (Å²) in [6.45, 7) is -0.186. The molecule has 0 aliphatic carbocycles. The lowest BCUT2D eigenvalue weighted by Gasteiger charge is -2.19. The van der Waals surface area contributed by atoms with Crippen LogP contribution in [0.3, 0.4) is 0 Å². The van der Waals surface area contributed by atoms with Gasteiger partial charge in [-0.2, -0.15) is 0 Å². The highest BCUT2D eigenvalue weighted by Gasteiger charge is 2.33. The first-order chi connectivity index (χ1) is 16.8. The standard InChI is InChI=1S/C23H17F5N2O5S/c1-22(24,25)18(31)11-30-20-16(19(32)29-21(30)33)10-17(36-20)12-2-4-13(5-3-12)34-14-6-8-15(9-7-14)35-23(26,27)28/h2-10,18,31H,11H2,1H3,(H,29,32,33). The Kier molecular flexibility index (Phi) is 6.62. The molecule has 13 heteroatoms. The number of rotatable bonds is 7. The van der Waals surface area contributed by atoms with Crippen LogP contribution in [-0.4, -0.2) is 33.0 Å². The van der Waals surface area contributed by atoms with Crippen LogP contribution in [0.2, 0.25) is 0 Å². The summed E-state index contributed by atoms with van der Waals surface area (Å²) in [6.07, 6.45) is -6.94. The van der Waals surface area contributed by atoms with Gasteiger partial charge in [0.15, 0.2) is 0 Å². The van der Waals surface area contributed by atoms with E-state index in [2.05, 4.69) is 9.72 Å². The number of ether oxygens (including phenoxy) is 2. The number of aromatic nitrogens is 2. The van der Waals surface area contributed by atoms with E-state index < -0.39 is 41.9 Å². The van der Waals surface area contributed by atoms with Crippen LogP contribution in [0.5, 0.6) is 17.2 Å². The Bertz CT molecular complexity index is 1490. The number of aliphatic hydroxyl groups is 1. The number of fused-ring (bicyclic) bond motifs is 1. The lowest BCUT2D eigenvalue weighted by atomic mass is 10.1. The van der Waals surface area contributed by atoms with Gasteiger partial charge in [0.05, 0.1) is 11.9 Å². The van der Waals surface area contributed by atoms with E-state index in [1.807, 2.05) is 0 Å². The molecule has 0 saturated carbocycles. The molecule has 1 atom stereocenters. The molecular formula is C23H17F5N2O5S. The number of aromatic amines is 1. The lowest BCUT2D eigenvalue weighted by molar-refractivity contribution is -0.274. The Morgan fingerprint density at radius 2 is 1.53 bits per heavy atom. The Labute approximate surface area is 203 Å². The normalized spacial score (nSPS) is 13.1. The second-order valence-electron chi connectivity index (χ2n) is 7.82. The van der Waals surface area contributed by atoms with E-state index in [1.165, 1.54) is 18.2 Å². The molecule has 0 aliphatic rings. The van der Waals surface area contributed by atoms with E-state index in [-0.39, 0.29) is 16.0 Å². The smallest absolute Gasteiger partial charge is 0.457 e. The number of thiophene rings is 1.